The van der Waals surface area contributed by atoms with Crippen molar-refractivity contribution in [2.75, 3.05) is 24.3 Å². The first-order valence-electron chi connectivity index (χ1n) is 10.1. The molecule has 0 aliphatic carbocycles. The van der Waals surface area contributed by atoms with Crippen LogP contribution < -0.4 is 13.8 Å². The van der Waals surface area contributed by atoms with Gasteiger partial charge in [-0.1, -0.05) is 29.3 Å². The van der Waals surface area contributed by atoms with E-state index in [4.69, 9.17) is 32.7 Å². The number of ketones is 1. The zero-order chi connectivity index (χ0) is 25.8. The first kappa shape index (κ1) is 26.7. The summed E-state index contributed by atoms with van der Waals surface area (Å²) in [6, 6.07) is 15.5. The molecule has 0 aliphatic heterocycles. The summed E-state index contributed by atoms with van der Waals surface area (Å²) in [4.78, 5) is 12.6. The Bertz CT molecular complexity index is 1250. The molecule has 0 saturated carbocycles. The van der Waals surface area contributed by atoms with Gasteiger partial charge in [0.1, 0.15) is 5.75 Å². The lowest BCUT2D eigenvalue weighted by Crippen LogP contribution is -2.40. The van der Waals surface area contributed by atoms with Crippen molar-refractivity contribution in [2.24, 2.45) is 0 Å². The minimum absolute atomic E-state index is 0.0747. The molecule has 0 saturated heterocycles. The quantitative estimate of drug-likeness (QED) is 0.317. The van der Waals surface area contributed by atoms with Gasteiger partial charge in [0.2, 0.25) is 15.8 Å². The number of carbonyl (C=O) groups excluding carboxylic acids is 1. The minimum atomic E-state index is -4.58. The average molecular weight is 544 g/mol. The van der Waals surface area contributed by atoms with Gasteiger partial charge < -0.3 is 9.47 Å². The summed E-state index contributed by atoms with van der Waals surface area (Å²) in [6.07, 6.45) is -1.01. The summed E-state index contributed by atoms with van der Waals surface area (Å²) < 4.78 is 67.3. The summed E-state index contributed by atoms with van der Waals surface area (Å²) in [5, 5.41) is 0.694. The molecule has 0 spiro atoms. The molecule has 3 aromatic carbocycles. The third kappa shape index (κ3) is 6.42. The molecular formula is C24H21Cl2F2NO5S. The van der Waals surface area contributed by atoms with Gasteiger partial charge in [-0.3, -0.25) is 4.79 Å². The van der Waals surface area contributed by atoms with Gasteiger partial charge in [0, 0.05) is 16.5 Å². The first-order chi connectivity index (χ1) is 16.5. The van der Waals surface area contributed by atoms with E-state index in [1.54, 1.807) is 0 Å². The van der Waals surface area contributed by atoms with E-state index in [1.165, 1.54) is 80.9 Å². The van der Waals surface area contributed by atoms with Crippen LogP contribution in [0.1, 0.15) is 5.56 Å². The number of alkyl halides is 2. The molecule has 0 unspecified atom stereocenters. The van der Waals surface area contributed by atoms with E-state index in [-0.39, 0.29) is 22.7 Å². The smallest absolute Gasteiger partial charge is 0.310 e. The first-order valence-corrected chi connectivity index (χ1v) is 12.5. The van der Waals surface area contributed by atoms with Crippen LogP contribution in [0.3, 0.4) is 0 Å². The summed E-state index contributed by atoms with van der Waals surface area (Å²) >= 11 is 11.8. The van der Waals surface area contributed by atoms with Crippen molar-refractivity contribution in [1.82, 2.24) is 0 Å². The van der Waals surface area contributed by atoms with Gasteiger partial charge in [-0.15, -0.1) is 0 Å². The normalized spacial score (nSPS) is 11.7. The van der Waals surface area contributed by atoms with Crippen LogP contribution in [-0.2, 0) is 21.2 Å². The number of halogens is 4. The number of Topliss-reactive ketones (excluding diaryl/α,β-unsaturated/α-hetero) is 1. The maximum Gasteiger partial charge on any atom is 0.310 e. The molecule has 0 bridgehead atoms. The van der Waals surface area contributed by atoms with E-state index in [0.29, 0.717) is 15.8 Å². The molecule has 0 heterocycles. The van der Waals surface area contributed by atoms with Crippen LogP contribution in [0, 0.1) is 0 Å². The molecule has 3 rings (SSSR count). The monoisotopic (exact) mass is 543 g/mol. The Kier molecular flexibility index (Phi) is 8.25. The van der Waals surface area contributed by atoms with Gasteiger partial charge in [-0.05, 0) is 66.2 Å². The van der Waals surface area contributed by atoms with Crippen molar-refractivity contribution in [3.63, 3.8) is 0 Å². The highest BCUT2D eigenvalue weighted by molar-refractivity contribution is 7.93. The minimum Gasteiger partial charge on any atom is -0.493 e. The molecule has 186 valence electrons. The third-order valence-corrected chi connectivity index (χ3v) is 7.10. The summed E-state index contributed by atoms with van der Waals surface area (Å²) in [7, 11) is -1.84. The number of hydrogen-bond acceptors (Lipinski definition) is 5. The second-order valence-corrected chi connectivity index (χ2v) is 10.2. The zero-order valence-electron chi connectivity index (χ0n) is 18.7. The molecule has 0 amide bonds. The van der Waals surface area contributed by atoms with Gasteiger partial charge >= 0.3 is 5.92 Å². The Morgan fingerprint density at radius 3 is 1.80 bits per heavy atom. The fraction of sp³-hybridized carbons (Fsp3) is 0.208. The molecule has 0 atom stereocenters. The van der Waals surface area contributed by atoms with Gasteiger partial charge in [0.05, 0.1) is 25.6 Å². The van der Waals surface area contributed by atoms with Crippen LogP contribution >= 0.6 is 23.2 Å². The van der Waals surface area contributed by atoms with Crippen LogP contribution in [0.25, 0.3) is 0 Å². The number of ether oxygens (including phenoxy) is 2. The van der Waals surface area contributed by atoms with Crippen LogP contribution in [-0.4, -0.2) is 40.1 Å². The number of anilines is 2. The Morgan fingerprint density at radius 2 is 1.34 bits per heavy atom. The standard InChI is InChI=1S/C24H21Cl2F2NO5S/c1-33-21-12-3-16(13-22(21)34-2)14-24(27,28)23(30)15-35(31,32)29(19-8-4-17(25)5-9-19)20-10-6-18(26)7-11-20/h3-13H,14-15H2,1-2H3. The largest absolute Gasteiger partial charge is 0.493 e. The molecule has 0 aliphatic rings. The molecule has 0 N–H and O–H groups in total. The van der Waals surface area contributed by atoms with Gasteiger partial charge in [-0.25, -0.2) is 12.7 Å². The highest BCUT2D eigenvalue weighted by Gasteiger charge is 2.42. The number of rotatable bonds is 10. The number of benzene rings is 3. The molecule has 11 heteroatoms. The van der Waals surface area contributed by atoms with E-state index in [0.717, 1.165) is 4.31 Å². The van der Waals surface area contributed by atoms with E-state index < -0.39 is 33.9 Å². The Hall–Kier alpha value is -2.88. The average Bonchev–Trinajstić information content (AvgIpc) is 2.81. The lowest BCUT2D eigenvalue weighted by molar-refractivity contribution is -0.140. The van der Waals surface area contributed by atoms with Crippen LogP contribution in [0.15, 0.2) is 66.7 Å². The van der Waals surface area contributed by atoms with E-state index in [9.17, 15) is 22.0 Å². The second-order valence-electron chi connectivity index (χ2n) is 7.47. The molecule has 35 heavy (non-hydrogen) atoms. The van der Waals surface area contributed by atoms with Gasteiger partial charge in [0.25, 0.3) is 0 Å². The summed E-state index contributed by atoms with van der Waals surface area (Å²) in [5.41, 5.74) is 0.311. The predicted molar refractivity (Wildman–Crippen MR) is 132 cm³/mol. The van der Waals surface area contributed by atoms with Crippen molar-refractivity contribution in [3.05, 3.63) is 82.3 Å². The molecular weight excluding hydrogens is 523 g/mol. The number of hydrogen-bond donors (Lipinski definition) is 0. The van der Waals surface area contributed by atoms with Gasteiger partial charge in [0.15, 0.2) is 11.5 Å². The Labute approximate surface area is 212 Å². The van der Waals surface area contributed by atoms with E-state index in [1.807, 2.05) is 0 Å². The fourth-order valence-electron chi connectivity index (χ4n) is 3.30. The maximum absolute atomic E-state index is 14.9. The topological polar surface area (TPSA) is 72.9 Å². The third-order valence-electron chi connectivity index (χ3n) is 5.00. The SMILES string of the molecule is COc1ccc(CC(F)(F)C(=O)CS(=O)(=O)N(c2ccc(Cl)cc2)c2ccc(Cl)cc2)cc1OC. The lowest BCUT2D eigenvalue weighted by atomic mass is 10.0. The zero-order valence-corrected chi connectivity index (χ0v) is 21.0. The van der Waals surface area contributed by atoms with Crippen molar-refractivity contribution >= 4 is 50.4 Å². The van der Waals surface area contributed by atoms with Crippen molar-refractivity contribution in [1.29, 1.82) is 0 Å². The Balaban J connectivity index is 1.90. The maximum atomic E-state index is 14.9. The fourth-order valence-corrected chi connectivity index (χ4v) is 5.11. The molecule has 6 nitrogen and oxygen atoms in total. The predicted octanol–water partition coefficient (Wildman–Crippen LogP) is 5.93. The molecule has 0 fully saturated rings. The van der Waals surface area contributed by atoms with E-state index in [2.05, 4.69) is 0 Å². The number of carbonyl (C=O) groups is 1. The van der Waals surface area contributed by atoms with E-state index >= 15 is 0 Å². The summed E-state index contributed by atoms with van der Waals surface area (Å²) in [5.74, 6) is -6.61. The van der Waals surface area contributed by atoms with Crippen LogP contribution in [0.2, 0.25) is 10.0 Å². The summed E-state index contributed by atoms with van der Waals surface area (Å²) in [6.45, 7) is 0. The van der Waals surface area contributed by atoms with Crippen LogP contribution in [0.4, 0.5) is 20.2 Å². The number of sulfonamides is 1. The lowest BCUT2D eigenvalue weighted by Gasteiger charge is -2.25. The molecule has 3 aromatic rings. The van der Waals surface area contributed by atoms with Crippen molar-refractivity contribution < 1.29 is 31.5 Å². The number of nitrogens with zero attached hydrogens (tertiary/aromatic N) is 1. The number of methoxy groups -OCH3 is 2. The van der Waals surface area contributed by atoms with Crippen LogP contribution in [0.5, 0.6) is 11.5 Å². The molecule has 0 aromatic heterocycles. The highest BCUT2D eigenvalue weighted by Crippen LogP contribution is 2.34. The van der Waals surface area contributed by atoms with Gasteiger partial charge in [-0.2, -0.15) is 8.78 Å². The van der Waals surface area contributed by atoms with Crippen molar-refractivity contribution in [2.45, 2.75) is 12.3 Å². The van der Waals surface area contributed by atoms with Crippen molar-refractivity contribution in [3.8, 4) is 11.5 Å². The highest BCUT2D eigenvalue weighted by atomic mass is 35.5. The Morgan fingerprint density at radius 1 is 0.857 bits per heavy atom. The second kappa shape index (κ2) is 10.8. The molecule has 0 radical (unpaired) electrons.